The molecule has 1 fully saturated rings. The van der Waals surface area contributed by atoms with Gasteiger partial charge in [0.1, 0.15) is 5.82 Å². The van der Waals surface area contributed by atoms with Gasteiger partial charge in [-0.3, -0.25) is 14.7 Å². The molecule has 0 amide bonds. The predicted molar refractivity (Wildman–Crippen MR) is 90.5 cm³/mol. The molecule has 1 aliphatic rings. The molecule has 1 aliphatic heterocycles. The van der Waals surface area contributed by atoms with E-state index in [-0.39, 0.29) is 12.5 Å². The second kappa shape index (κ2) is 7.13. The molecule has 3 heterocycles. The molecule has 0 saturated carbocycles. The summed E-state index contributed by atoms with van der Waals surface area (Å²) in [6.07, 6.45) is 6.74. The van der Waals surface area contributed by atoms with Gasteiger partial charge in [-0.1, -0.05) is 0 Å². The molecule has 1 N–H and O–H groups in total. The van der Waals surface area contributed by atoms with Gasteiger partial charge in [0.25, 0.3) is 0 Å². The van der Waals surface area contributed by atoms with E-state index in [1.807, 2.05) is 32.4 Å². The fourth-order valence-corrected chi connectivity index (χ4v) is 3.42. The molecule has 2 aromatic heterocycles. The van der Waals surface area contributed by atoms with Gasteiger partial charge in [0, 0.05) is 31.6 Å². The summed E-state index contributed by atoms with van der Waals surface area (Å²) >= 11 is 0. The molecular formula is C18H24N4O2. The molecular weight excluding hydrogens is 304 g/mol. The highest BCUT2D eigenvalue weighted by Crippen LogP contribution is 2.32. The van der Waals surface area contributed by atoms with E-state index < -0.39 is 5.97 Å². The van der Waals surface area contributed by atoms with Crippen molar-refractivity contribution in [3.05, 3.63) is 47.3 Å². The monoisotopic (exact) mass is 328 g/mol. The first kappa shape index (κ1) is 16.6. The van der Waals surface area contributed by atoms with Crippen LogP contribution in [0.2, 0.25) is 0 Å². The van der Waals surface area contributed by atoms with E-state index in [0.717, 1.165) is 48.7 Å². The molecule has 0 aromatic carbocycles. The van der Waals surface area contributed by atoms with Crippen molar-refractivity contribution < 1.29 is 9.90 Å². The lowest BCUT2D eigenvalue weighted by Crippen LogP contribution is -2.25. The highest BCUT2D eigenvalue weighted by atomic mass is 16.4. The van der Waals surface area contributed by atoms with Crippen LogP contribution in [0.3, 0.4) is 0 Å². The first-order valence-electron chi connectivity index (χ1n) is 8.42. The minimum atomic E-state index is -0.761. The highest BCUT2D eigenvalue weighted by Gasteiger charge is 2.28. The standard InChI is InChI=1S/C18H24N4O2/c1-13-10-14(5-6-18(23)24)11-15(20-13)16-4-3-8-22(16)12-17-19-7-9-21(17)2/h7,9-11,16H,3-6,8,12H2,1-2H3,(H,23,24). The third-order valence-electron chi connectivity index (χ3n) is 4.63. The number of carboxylic acids is 1. The quantitative estimate of drug-likeness (QED) is 0.882. The Morgan fingerprint density at radius 3 is 2.96 bits per heavy atom. The Labute approximate surface area is 142 Å². The molecule has 0 bridgehead atoms. The summed E-state index contributed by atoms with van der Waals surface area (Å²) in [5.74, 6) is 0.295. The summed E-state index contributed by atoms with van der Waals surface area (Å²) in [6, 6.07) is 4.35. The van der Waals surface area contributed by atoms with E-state index in [1.54, 1.807) is 0 Å². The second-order valence-electron chi connectivity index (χ2n) is 6.52. The fourth-order valence-electron chi connectivity index (χ4n) is 3.42. The normalized spacial score (nSPS) is 18.2. The predicted octanol–water partition coefficient (Wildman–Crippen LogP) is 2.48. The van der Waals surface area contributed by atoms with Crippen molar-refractivity contribution in [3.63, 3.8) is 0 Å². The zero-order valence-corrected chi connectivity index (χ0v) is 14.3. The van der Waals surface area contributed by atoms with Gasteiger partial charge in [-0.2, -0.15) is 0 Å². The largest absolute Gasteiger partial charge is 0.481 e. The summed E-state index contributed by atoms with van der Waals surface area (Å²) < 4.78 is 2.05. The highest BCUT2D eigenvalue weighted by molar-refractivity contribution is 5.67. The number of aromatic nitrogens is 3. The van der Waals surface area contributed by atoms with Crippen molar-refractivity contribution >= 4 is 5.97 Å². The smallest absolute Gasteiger partial charge is 0.303 e. The van der Waals surface area contributed by atoms with Gasteiger partial charge in [0.2, 0.25) is 0 Å². The van der Waals surface area contributed by atoms with Crippen molar-refractivity contribution in [1.29, 1.82) is 0 Å². The molecule has 6 heteroatoms. The first-order valence-corrected chi connectivity index (χ1v) is 8.42. The van der Waals surface area contributed by atoms with Crippen LogP contribution in [0.15, 0.2) is 24.5 Å². The summed E-state index contributed by atoms with van der Waals surface area (Å²) in [5, 5.41) is 8.90. The van der Waals surface area contributed by atoms with Crippen LogP contribution in [0, 0.1) is 6.92 Å². The van der Waals surface area contributed by atoms with Crippen LogP contribution in [-0.4, -0.2) is 37.1 Å². The van der Waals surface area contributed by atoms with Crippen molar-refractivity contribution in [2.24, 2.45) is 7.05 Å². The Balaban J connectivity index is 1.78. The molecule has 3 rings (SSSR count). The molecule has 24 heavy (non-hydrogen) atoms. The van der Waals surface area contributed by atoms with Gasteiger partial charge in [0.15, 0.2) is 0 Å². The molecule has 0 spiro atoms. The Bertz CT molecular complexity index is 726. The van der Waals surface area contributed by atoms with E-state index in [2.05, 4.69) is 20.5 Å². The minimum absolute atomic E-state index is 0.157. The number of hydrogen-bond donors (Lipinski definition) is 1. The summed E-state index contributed by atoms with van der Waals surface area (Å²) in [5.41, 5.74) is 3.07. The summed E-state index contributed by atoms with van der Waals surface area (Å²) in [7, 11) is 2.02. The van der Waals surface area contributed by atoms with E-state index in [9.17, 15) is 4.79 Å². The van der Waals surface area contributed by atoms with E-state index in [4.69, 9.17) is 10.1 Å². The third kappa shape index (κ3) is 3.82. The van der Waals surface area contributed by atoms with Gasteiger partial charge in [-0.05, 0) is 50.4 Å². The van der Waals surface area contributed by atoms with Gasteiger partial charge in [-0.15, -0.1) is 0 Å². The number of hydrogen-bond acceptors (Lipinski definition) is 4. The minimum Gasteiger partial charge on any atom is -0.481 e. The number of pyridine rings is 1. The van der Waals surface area contributed by atoms with Crippen LogP contribution in [0.5, 0.6) is 0 Å². The lowest BCUT2D eigenvalue weighted by molar-refractivity contribution is -0.136. The molecule has 0 radical (unpaired) electrons. The maximum absolute atomic E-state index is 10.8. The molecule has 1 atom stereocenters. The van der Waals surface area contributed by atoms with Crippen LogP contribution in [0.4, 0.5) is 0 Å². The maximum atomic E-state index is 10.8. The van der Waals surface area contributed by atoms with Crippen LogP contribution >= 0.6 is 0 Å². The number of aliphatic carboxylic acids is 1. The van der Waals surface area contributed by atoms with Crippen molar-refractivity contribution in [2.75, 3.05) is 6.54 Å². The van der Waals surface area contributed by atoms with E-state index >= 15 is 0 Å². The lowest BCUT2D eigenvalue weighted by atomic mass is 10.0. The Kier molecular flexibility index (Phi) is 4.94. The van der Waals surface area contributed by atoms with Crippen LogP contribution in [0.25, 0.3) is 0 Å². The van der Waals surface area contributed by atoms with Crippen molar-refractivity contribution in [2.45, 2.75) is 45.2 Å². The number of likely N-dealkylation sites (tertiary alicyclic amines) is 1. The van der Waals surface area contributed by atoms with Gasteiger partial charge in [0.05, 0.1) is 18.3 Å². The zero-order valence-electron chi connectivity index (χ0n) is 14.3. The average molecular weight is 328 g/mol. The number of nitrogens with zero attached hydrogens (tertiary/aromatic N) is 4. The molecule has 6 nitrogen and oxygen atoms in total. The fraction of sp³-hybridized carbons (Fsp3) is 0.500. The zero-order chi connectivity index (χ0) is 17.1. The van der Waals surface area contributed by atoms with Crippen LogP contribution < -0.4 is 0 Å². The molecule has 1 unspecified atom stereocenters. The molecule has 128 valence electrons. The Morgan fingerprint density at radius 1 is 1.42 bits per heavy atom. The Morgan fingerprint density at radius 2 is 2.25 bits per heavy atom. The summed E-state index contributed by atoms with van der Waals surface area (Å²) in [6.45, 7) is 3.83. The first-order chi connectivity index (χ1) is 11.5. The van der Waals surface area contributed by atoms with E-state index in [0.29, 0.717) is 6.42 Å². The van der Waals surface area contributed by atoms with Crippen LogP contribution in [0.1, 0.15) is 48.1 Å². The third-order valence-corrected chi connectivity index (χ3v) is 4.63. The molecule has 0 aliphatic carbocycles. The maximum Gasteiger partial charge on any atom is 0.303 e. The van der Waals surface area contributed by atoms with E-state index in [1.165, 1.54) is 0 Å². The van der Waals surface area contributed by atoms with Crippen molar-refractivity contribution in [1.82, 2.24) is 19.4 Å². The van der Waals surface area contributed by atoms with Gasteiger partial charge < -0.3 is 9.67 Å². The molecule has 1 saturated heterocycles. The lowest BCUT2D eigenvalue weighted by Gasteiger charge is -2.24. The number of aryl methyl sites for hydroxylation is 3. The Hall–Kier alpha value is -2.21. The van der Waals surface area contributed by atoms with Gasteiger partial charge >= 0.3 is 5.97 Å². The number of rotatable bonds is 6. The number of carboxylic acid groups (broad SMARTS) is 1. The topological polar surface area (TPSA) is 71.2 Å². The van der Waals surface area contributed by atoms with Crippen LogP contribution in [-0.2, 0) is 24.8 Å². The summed E-state index contributed by atoms with van der Waals surface area (Å²) in [4.78, 5) is 22.4. The number of imidazole rings is 1. The number of carbonyl (C=O) groups is 1. The average Bonchev–Trinajstić information content (AvgIpc) is 3.15. The second-order valence-corrected chi connectivity index (χ2v) is 6.52. The molecule has 2 aromatic rings. The van der Waals surface area contributed by atoms with Crippen molar-refractivity contribution in [3.8, 4) is 0 Å². The SMILES string of the molecule is Cc1cc(CCC(=O)O)cc(C2CCCN2Cc2nccn2C)n1. The van der Waals surface area contributed by atoms with Gasteiger partial charge in [-0.25, -0.2) is 4.98 Å².